The average molecular weight is 526 g/mol. The molecule has 1 aliphatic heterocycles. The molecule has 0 saturated heterocycles. The maximum absolute atomic E-state index is 14.4. The first-order chi connectivity index (χ1) is 17.7. The molecule has 2 atom stereocenters. The highest BCUT2D eigenvalue weighted by atomic mass is 32.1. The van der Waals surface area contributed by atoms with E-state index in [4.69, 9.17) is 14.9 Å². The van der Waals surface area contributed by atoms with E-state index >= 15 is 0 Å². The van der Waals surface area contributed by atoms with Gasteiger partial charge in [-0.3, -0.25) is 14.5 Å². The topological polar surface area (TPSA) is 104 Å². The van der Waals surface area contributed by atoms with E-state index < -0.39 is 18.1 Å². The molecule has 1 fully saturated rings. The monoisotopic (exact) mass is 525 g/mol. The maximum atomic E-state index is 14.4. The Bertz CT molecular complexity index is 1270. The second-order valence-corrected chi connectivity index (χ2v) is 10.2. The number of fused-ring (bicyclic) bond motifs is 1. The van der Waals surface area contributed by atoms with E-state index in [-0.39, 0.29) is 23.5 Å². The number of aliphatic hydroxyl groups is 1. The van der Waals surface area contributed by atoms with Gasteiger partial charge in [0, 0.05) is 36.4 Å². The molecule has 5 rings (SSSR count). The quantitative estimate of drug-likeness (QED) is 0.431. The second kappa shape index (κ2) is 11.8. The first-order valence-electron chi connectivity index (χ1n) is 12.0. The van der Waals surface area contributed by atoms with Gasteiger partial charge in [-0.15, -0.1) is 11.3 Å². The summed E-state index contributed by atoms with van der Waals surface area (Å²) >= 11 is 1.47. The molecule has 0 radical (unpaired) electrons. The summed E-state index contributed by atoms with van der Waals surface area (Å²) in [7, 11) is 0. The number of Topliss-reactive ketones (excluding diaryl/α,β-unsaturated/α-hetero) is 1. The average Bonchev–Trinajstić information content (AvgIpc) is 3.66. The highest BCUT2D eigenvalue weighted by molar-refractivity contribution is 7.14. The first kappa shape index (κ1) is 26.7. The fourth-order valence-electron chi connectivity index (χ4n) is 4.34. The van der Waals surface area contributed by atoms with Gasteiger partial charge in [-0.1, -0.05) is 48.5 Å². The molecule has 1 saturated carbocycles. The van der Waals surface area contributed by atoms with Gasteiger partial charge in [-0.25, -0.2) is 9.18 Å². The van der Waals surface area contributed by atoms with Crippen molar-refractivity contribution in [1.82, 2.24) is 4.90 Å². The fourth-order valence-corrected chi connectivity index (χ4v) is 5.39. The third-order valence-electron chi connectivity index (χ3n) is 6.28. The number of benzene rings is 2. The van der Waals surface area contributed by atoms with Crippen LogP contribution in [0.15, 0.2) is 60.7 Å². The van der Waals surface area contributed by atoms with Crippen LogP contribution in [-0.4, -0.2) is 39.4 Å². The molecule has 0 spiro atoms. The van der Waals surface area contributed by atoms with Crippen molar-refractivity contribution in [3.63, 3.8) is 0 Å². The van der Waals surface area contributed by atoms with Gasteiger partial charge in [0.05, 0.1) is 6.04 Å². The molecule has 1 aliphatic carbocycles. The Morgan fingerprint density at radius 2 is 1.76 bits per heavy atom. The van der Waals surface area contributed by atoms with Crippen molar-refractivity contribution < 1.29 is 33.7 Å². The van der Waals surface area contributed by atoms with Gasteiger partial charge in [-0.05, 0) is 42.5 Å². The number of esters is 1. The van der Waals surface area contributed by atoms with Crippen molar-refractivity contribution >= 4 is 29.1 Å². The minimum absolute atomic E-state index is 0.0556. The molecule has 1 aromatic heterocycles. The number of ketones is 1. The van der Waals surface area contributed by atoms with Gasteiger partial charge in [0.2, 0.25) is 0 Å². The summed E-state index contributed by atoms with van der Waals surface area (Å²) in [6.07, 6.45) is 1.16. The third kappa shape index (κ3) is 6.68. The minimum Gasteiger partial charge on any atom is -0.479 e. The fraction of sp³-hybridized carbons (Fsp3) is 0.321. The molecule has 3 aromatic rings. The zero-order chi connectivity index (χ0) is 26.5. The second-order valence-electron chi connectivity index (χ2n) is 9.08. The molecule has 37 heavy (non-hydrogen) atoms. The summed E-state index contributed by atoms with van der Waals surface area (Å²) in [4.78, 5) is 37.6. The number of thiophene rings is 1. The molecular weight excluding hydrogens is 497 g/mol. The summed E-state index contributed by atoms with van der Waals surface area (Å²) in [5.74, 6) is -1.72. The molecule has 2 aliphatic rings. The van der Waals surface area contributed by atoms with Gasteiger partial charge in [0.25, 0.3) is 0 Å². The van der Waals surface area contributed by atoms with Crippen molar-refractivity contribution in [3.05, 3.63) is 88.0 Å². The number of aliphatic hydroxyl groups excluding tert-OH is 1. The van der Waals surface area contributed by atoms with E-state index in [0.717, 1.165) is 24.8 Å². The minimum atomic E-state index is -1.41. The molecule has 2 N–H and O–H groups in total. The van der Waals surface area contributed by atoms with E-state index in [2.05, 4.69) is 4.90 Å². The van der Waals surface area contributed by atoms with E-state index in [9.17, 15) is 18.8 Å². The van der Waals surface area contributed by atoms with Gasteiger partial charge >= 0.3 is 11.9 Å². The van der Waals surface area contributed by atoms with E-state index in [0.29, 0.717) is 29.3 Å². The highest BCUT2D eigenvalue weighted by Crippen LogP contribution is 2.41. The number of hydrogen-bond acceptors (Lipinski definition) is 7. The van der Waals surface area contributed by atoms with Crippen LogP contribution in [0.4, 0.5) is 4.39 Å². The van der Waals surface area contributed by atoms with Gasteiger partial charge < -0.3 is 14.9 Å². The number of halogens is 1. The maximum Gasteiger partial charge on any atom is 0.337 e. The molecular formula is C28H28FNO6S. The van der Waals surface area contributed by atoms with Crippen LogP contribution in [0.2, 0.25) is 0 Å². The molecule has 7 nitrogen and oxygen atoms in total. The summed E-state index contributed by atoms with van der Waals surface area (Å²) in [6.45, 7) is 2.63. The number of hydrogen-bond donors (Lipinski definition) is 2. The SMILES string of the molecule is CC(=O)Oc1cc2c(s1)CCN(C(C(=O)C1CC1)c1ccccc1F)C2.O=C(O)C(O)c1ccccc1. The number of nitrogens with zero attached hydrogens (tertiary/aromatic N) is 1. The number of carbonyl (C=O) groups excluding carboxylic acids is 2. The van der Waals surface area contributed by atoms with E-state index in [1.165, 1.54) is 29.2 Å². The molecule has 0 bridgehead atoms. The molecule has 2 heterocycles. The lowest BCUT2D eigenvalue weighted by Gasteiger charge is -2.34. The lowest BCUT2D eigenvalue weighted by atomic mass is 9.95. The predicted molar refractivity (Wildman–Crippen MR) is 136 cm³/mol. The third-order valence-corrected chi connectivity index (χ3v) is 7.40. The van der Waals surface area contributed by atoms with Crippen LogP contribution in [0.25, 0.3) is 0 Å². The van der Waals surface area contributed by atoms with Crippen LogP contribution in [0.3, 0.4) is 0 Å². The highest BCUT2D eigenvalue weighted by Gasteiger charge is 2.40. The Morgan fingerprint density at radius 1 is 1.08 bits per heavy atom. The van der Waals surface area contributed by atoms with Crippen LogP contribution in [0.1, 0.15) is 53.5 Å². The zero-order valence-electron chi connectivity index (χ0n) is 20.3. The van der Waals surface area contributed by atoms with E-state index in [1.54, 1.807) is 48.5 Å². The Kier molecular flexibility index (Phi) is 8.48. The van der Waals surface area contributed by atoms with Crippen molar-refractivity contribution in [2.45, 2.75) is 44.9 Å². The van der Waals surface area contributed by atoms with Crippen molar-refractivity contribution in [2.75, 3.05) is 6.54 Å². The van der Waals surface area contributed by atoms with Gasteiger partial charge in [0.1, 0.15) is 5.82 Å². The normalized spacial score (nSPS) is 16.5. The lowest BCUT2D eigenvalue weighted by Crippen LogP contribution is -2.38. The van der Waals surface area contributed by atoms with Crippen LogP contribution in [0.5, 0.6) is 5.06 Å². The number of aliphatic carboxylic acids is 1. The Hall–Kier alpha value is -3.40. The number of carboxylic acid groups (broad SMARTS) is 1. The molecule has 0 amide bonds. The van der Waals surface area contributed by atoms with E-state index in [1.807, 2.05) is 6.07 Å². The zero-order valence-corrected chi connectivity index (χ0v) is 21.1. The number of carboxylic acids is 1. The Morgan fingerprint density at radius 3 is 2.38 bits per heavy atom. The van der Waals surface area contributed by atoms with Gasteiger partial charge in [0.15, 0.2) is 17.0 Å². The van der Waals surface area contributed by atoms with Crippen molar-refractivity contribution in [3.8, 4) is 5.06 Å². The summed E-state index contributed by atoms with van der Waals surface area (Å²) in [5.41, 5.74) is 1.92. The standard InChI is InChI=1S/C20H20FNO3S.C8H8O3/c1-12(23)25-18-10-14-11-22(9-8-17(14)26-18)19(20(24)13-6-7-13)15-4-2-3-5-16(15)21;9-7(8(10)11)6-4-2-1-3-5-6/h2-5,10,13,19H,6-9,11H2,1H3;1-5,7,9H,(H,10,11). The van der Waals surface area contributed by atoms with Crippen LogP contribution >= 0.6 is 11.3 Å². The molecule has 194 valence electrons. The Balaban J connectivity index is 0.000000245. The van der Waals surface area contributed by atoms with Crippen LogP contribution < -0.4 is 4.74 Å². The number of ether oxygens (including phenoxy) is 1. The Labute approximate surface area is 218 Å². The molecule has 2 aromatic carbocycles. The smallest absolute Gasteiger partial charge is 0.337 e. The van der Waals surface area contributed by atoms with Crippen LogP contribution in [0, 0.1) is 11.7 Å². The van der Waals surface area contributed by atoms with Crippen molar-refractivity contribution in [2.24, 2.45) is 5.92 Å². The largest absolute Gasteiger partial charge is 0.479 e. The molecule has 9 heteroatoms. The van der Waals surface area contributed by atoms with Crippen LogP contribution in [-0.2, 0) is 27.3 Å². The number of carbonyl (C=O) groups is 3. The predicted octanol–water partition coefficient (Wildman–Crippen LogP) is 4.70. The number of rotatable bonds is 7. The van der Waals surface area contributed by atoms with Gasteiger partial charge in [-0.2, -0.15) is 0 Å². The first-order valence-corrected chi connectivity index (χ1v) is 12.8. The van der Waals surface area contributed by atoms with Crippen molar-refractivity contribution in [1.29, 1.82) is 0 Å². The lowest BCUT2D eigenvalue weighted by molar-refractivity contribution is -0.147. The summed E-state index contributed by atoms with van der Waals surface area (Å²) < 4.78 is 19.6. The summed E-state index contributed by atoms with van der Waals surface area (Å²) in [6, 6.07) is 16.1. The molecule has 2 unspecified atom stereocenters. The summed E-state index contributed by atoms with van der Waals surface area (Å²) in [5, 5.41) is 18.0.